The molecule has 1 aliphatic heterocycles. The summed E-state index contributed by atoms with van der Waals surface area (Å²) in [7, 11) is 0. The molecule has 3 nitrogen and oxygen atoms in total. The lowest BCUT2D eigenvalue weighted by Crippen LogP contribution is -2.37. The summed E-state index contributed by atoms with van der Waals surface area (Å²) < 4.78 is 0. The standard InChI is InChI=1S/C52H33N3S/c1-3-16-32(17-4-1)49-53-50(33-18-5-2-6-19-33)55-51(54-49)39-25-15-28-45-48(39)56-47-29-14-13-27-44(47)52(45)43-26-12-11-24-38(43)42-30-40-36-22-9-7-20-34(36)35-21-8-10-23-37(35)41(40)31-46(42)52/h1-31,38,43H. The van der Waals surface area contributed by atoms with Crippen molar-refractivity contribution >= 4 is 44.1 Å². The summed E-state index contributed by atoms with van der Waals surface area (Å²) >= 11 is 1.85. The molecule has 12 rings (SSSR count). The third kappa shape index (κ3) is 4.45. The highest BCUT2D eigenvalue weighted by atomic mass is 32.2. The summed E-state index contributed by atoms with van der Waals surface area (Å²) in [6, 6.07) is 59.3. The van der Waals surface area contributed by atoms with Crippen LogP contribution in [0.1, 0.15) is 28.2 Å². The second kappa shape index (κ2) is 12.2. The van der Waals surface area contributed by atoms with Crippen LogP contribution in [-0.4, -0.2) is 15.0 Å². The van der Waals surface area contributed by atoms with Gasteiger partial charge in [0, 0.05) is 38.3 Å². The number of rotatable bonds is 3. The quantitative estimate of drug-likeness (QED) is 0.170. The van der Waals surface area contributed by atoms with Gasteiger partial charge in [-0.15, -0.1) is 0 Å². The minimum Gasteiger partial charge on any atom is -0.208 e. The van der Waals surface area contributed by atoms with E-state index in [0.29, 0.717) is 17.5 Å². The second-order valence-corrected chi connectivity index (χ2v) is 16.1. The third-order valence-electron chi connectivity index (χ3n) is 12.2. The van der Waals surface area contributed by atoms with Gasteiger partial charge in [-0.2, -0.15) is 0 Å². The molecule has 8 aromatic carbocycles. The van der Waals surface area contributed by atoms with Crippen molar-refractivity contribution in [2.45, 2.75) is 21.1 Å². The smallest absolute Gasteiger partial charge is 0.165 e. The van der Waals surface area contributed by atoms with Crippen LogP contribution in [0.4, 0.5) is 0 Å². The lowest BCUT2D eigenvalue weighted by atomic mass is 9.62. The zero-order chi connectivity index (χ0) is 36.8. The molecule has 2 aliphatic carbocycles. The van der Waals surface area contributed by atoms with E-state index in [1.807, 2.05) is 48.2 Å². The normalized spacial score (nSPS) is 18.9. The van der Waals surface area contributed by atoms with Crippen LogP contribution in [0, 0.1) is 5.92 Å². The van der Waals surface area contributed by atoms with Crippen molar-refractivity contribution in [3.8, 4) is 34.2 Å². The first-order chi connectivity index (χ1) is 27.8. The zero-order valence-corrected chi connectivity index (χ0v) is 31.1. The van der Waals surface area contributed by atoms with Crippen molar-refractivity contribution in [3.05, 3.63) is 210 Å². The van der Waals surface area contributed by atoms with Crippen LogP contribution in [-0.2, 0) is 5.41 Å². The molecular weight excluding hydrogens is 699 g/mol. The third-order valence-corrected chi connectivity index (χ3v) is 13.5. The topological polar surface area (TPSA) is 38.7 Å². The maximum atomic E-state index is 5.25. The number of nitrogens with zero attached hydrogens (tertiary/aromatic N) is 3. The molecule has 2 heterocycles. The van der Waals surface area contributed by atoms with Gasteiger partial charge in [0.25, 0.3) is 0 Å². The molecule has 3 atom stereocenters. The fraction of sp³-hybridized carbons (Fsp3) is 0.0577. The largest absolute Gasteiger partial charge is 0.208 e. The fourth-order valence-electron chi connectivity index (χ4n) is 9.93. The molecule has 1 aromatic heterocycles. The molecule has 56 heavy (non-hydrogen) atoms. The van der Waals surface area contributed by atoms with E-state index in [2.05, 4.69) is 152 Å². The Kier molecular flexibility index (Phi) is 6.90. The average Bonchev–Trinajstić information content (AvgIpc) is 3.56. The minimum atomic E-state index is -0.451. The Hall–Kier alpha value is -6.62. The average molecular weight is 732 g/mol. The van der Waals surface area contributed by atoms with Gasteiger partial charge in [0.05, 0.1) is 5.41 Å². The van der Waals surface area contributed by atoms with E-state index in [9.17, 15) is 0 Å². The number of hydrogen-bond donors (Lipinski definition) is 0. The van der Waals surface area contributed by atoms with Crippen molar-refractivity contribution in [3.63, 3.8) is 0 Å². The summed E-state index contributed by atoms with van der Waals surface area (Å²) in [5.41, 5.74) is 7.95. The van der Waals surface area contributed by atoms with Crippen molar-refractivity contribution in [2.75, 3.05) is 0 Å². The monoisotopic (exact) mass is 731 g/mol. The van der Waals surface area contributed by atoms with Crippen LogP contribution >= 0.6 is 11.8 Å². The van der Waals surface area contributed by atoms with Crippen LogP contribution < -0.4 is 0 Å². The van der Waals surface area contributed by atoms with E-state index in [-0.39, 0.29) is 11.8 Å². The molecule has 0 bridgehead atoms. The predicted molar refractivity (Wildman–Crippen MR) is 230 cm³/mol. The molecule has 9 aromatic rings. The van der Waals surface area contributed by atoms with Crippen molar-refractivity contribution in [1.82, 2.24) is 15.0 Å². The van der Waals surface area contributed by atoms with Gasteiger partial charge in [-0.3, -0.25) is 0 Å². The Morgan fingerprint density at radius 3 is 1.64 bits per heavy atom. The molecular formula is C52H33N3S. The molecule has 3 aliphatic rings. The van der Waals surface area contributed by atoms with Gasteiger partial charge in [-0.25, -0.2) is 15.0 Å². The van der Waals surface area contributed by atoms with Crippen molar-refractivity contribution in [1.29, 1.82) is 0 Å². The predicted octanol–water partition coefficient (Wildman–Crippen LogP) is 13.0. The van der Waals surface area contributed by atoms with Gasteiger partial charge in [0.1, 0.15) is 0 Å². The SMILES string of the molecule is C1=CC2c3cc4c5ccccc5c5ccccc5c4cc3C3(c4ccccc4Sc4c(-c5nc(-c6ccccc6)nc(-c6ccccc6)n5)cccc43)C2C=C1. The Morgan fingerprint density at radius 2 is 0.964 bits per heavy atom. The summed E-state index contributed by atoms with van der Waals surface area (Å²) in [4.78, 5) is 18.0. The first-order valence-corrected chi connectivity index (χ1v) is 20.1. The van der Waals surface area contributed by atoms with Crippen LogP contribution in [0.2, 0.25) is 0 Å². The van der Waals surface area contributed by atoms with E-state index in [1.165, 1.54) is 64.4 Å². The summed E-state index contributed by atoms with van der Waals surface area (Å²) in [5.74, 6) is 2.40. The molecule has 4 heteroatoms. The number of hydrogen-bond acceptors (Lipinski definition) is 4. The number of allylic oxidation sites excluding steroid dienone is 4. The van der Waals surface area contributed by atoms with Gasteiger partial charge in [-0.05, 0) is 72.8 Å². The summed E-state index contributed by atoms with van der Waals surface area (Å²) in [5, 5.41) is 7.80. The van der Waals surface area contributed by atoms with Crippen LogP contribution in [0.5, 0.6) is 0 Å². The summed E-state index contributed by atoms with van der Waals surface area (Å²) in [6.07, 6.45) is 9.41. The van der Waals surface area contributed by atoms with E-state index in [0.717, 1.165) is 16.7 Å². The molecule has 0 saturated carbocycles. The van der Waals surface area contributed by atoms with Crippen molar-refractivity contribution in [2.24, 2.45) is 5.92 Å². The van der Waals surface area contributed by atoms with Gasteiger partial charge in [-0.1, -0.05) is 182 Å². The van der Waals surface area contributed by atoms with Gasteiger partial charge >= 0.3 is 0 Å². The van der Waals surface area contributed by atoms with Crippen molar-refractivity contribution < 1.29 is 0 Å². The first kappa shape index (κ1) is 31.7. The van der Waals surface area contributed by atoms with E-state index in [4.69, 9.17) is 15.0 Å². The van der Waals surface area contributed by atoms with Gasteiger partial charge < -0.3 is 0 Å². The molecule has 0 amide bonds. The highest BCUT2D eigenvalue weighted by Gasteiger charge is 2.56. The molecule has 262 valence electrons. The Labute approximate surface area is 329 Å². The lowest BCUT2D eigenvalue weighted by molar-refractivity contribution is 0.442. The zero-order valence-electron chi connectivity index (χ0n) is 30.3. The first-order valence-electron chi connectivity index (χ1n) is 19.3. The maximum Gasteiger partial charge on any atom is 0.165 e. The van der Waals surface area contributed by atoms with E-state index >= 15 is 0 Å². The molecule has 3 unspecified atom stereocenters. The second-order valence-electron chi connectivity index (χ2n) is 15.0. The Morgan fingerprint density at radius 1 is 0.429 bits per heavy atom. The Bertz CT molecular complexity index is 3080. The number of benzene rings is 8. The van der Waals surface area contributed by atoms with Gasteiger partial charge in [0.15, 0.2) is 17.5 Å². The molecule has 0 fully saturated rings. The highest BCUT2D eigenvalue weighted by Crippen LogP contribution is 2.66. The molecule has 0 radical (unpaired) electrons. The van der Waals surface area contributed by atoms with Crippen LogP contribution in [0.15, 0.2) is 198 Å². The van der Waals surface area contributed by atoms with Crippen LogP contribution in [0.3, 0.4) is 0 Å². The summed E-state index contributed by atoms with van der Waals surface area (Å²) in [6.45, 7) is 0. The molecule has 0 N–H and O–H groups in total. The van der Waals surface area contributed by atoms with Gasteiger partial charge in [0.2, 0.25) is 0 Å². The van der Waals surface area contributed by atoms with E-state index < -0.39 is 5.41 Å². The molecule has 1 spiro atoms. The number of aromatic nitrogens is 3. The maximum absolute atomic E-state index is 5.25. The number of fused-ring (bicyclic) bond motifs is 15. The highest BCUT2D eigenvalue weighted by molar-refractivity contribution is 7.99. The molecule has 0 saturated heterocycles. The lowest BCUT2D eigenvalue weighted by Gasteiger charge is -2.43. The van der Waals surface area contributed by atoms with E-state index in [1.54, 1.807) is 0 Å². The van der Waals surface area contributed by atoms with Crippen LogP contribution in [0.25, 0.3) is 66.5 Å². The fourth-order valence-corrected chi connectivity index (χ4v) is 11.2. The Balaban J connectivity index is 1.18. The minimum absolute atomic E-state index is 0.172.